The zero-order chi connectivity index (χ0) is 15.7. The van der Waals surface area contributed by atoms with E-state index < -0.39 is 11.6 Å². The van der Waals surface area contributed by atoms with E-state index in [9.17, 15) is 13.6 Å². The van der Waals surface area contributed by atoms with Crippen molar-refractivity contribution in [3.8, 4) is 5.75 Å². The molecule has 0 aliphatic carbocycles. The zero-order valence-corrected chi connectivity index (χ0v) is 12.6. The van der Waals surface area contributed by atoms with Crippen LogP contribution < -0.4 is 9.64 Å². The Balaban J connectivity index is 1.96. The lowest BCUT2D eigenvalue weighted by molar-refractivity contribution is 0.0978. The van der Waals surface area contributed by atoms with Gasteiger partial charge in [-0.1, -0.05) is 0 Å². The van der Waals surface area contributed by atoms with Gasteiger partial charge in [0.2, 0.25) is 0 Å². The molecule has 0 saturated heterocycles. The molecule has 1 aliphatic heterocycles. The molecule has 2 aromatic rings. The Morgan fingerprint density at radius 3 is 2.95 bits per heavy atom. The standard InChI is InChI=1S/C15H13F2NO3S/c1-20-7-9-6-12(22-8-9)15(19)18-4-5-21-14-11(17)3-2-10(16)13(14)18/h2-3,6,8H,4-5,7H2,1H3. The minimum absolute atomic E-state index is 0.120. The second kappa shape index (κ2) is 6.02. The van der Waals surface area contributed by atoms with Crippen LogP contribution in [0, 0.1) is 11.6 Å². The molecule has 1 aromatic heterocycles. The van der Waals surface area contributed by atoms with Crippen molar-refractivity contribution in [2.75, 3.05) is 25.2 Å². The Morgan fingerprint density at radius 2 is 2.18 bits per heavy atom. The molecule has 116 valence electrons. The van der Waals surface area contributed by atoms with Gasteiger partial charge in [0.05, 0.1) is 18.0 Å². The first-order valence-corrected chi connectivity index (χ1v) is 7.48. The summed E-state index contributed by atoms with van der Waals surface area (Å²) < 4.78 is 38.0. The summed E-state index contributed by atoms with van der Waals surface area (Å²) in [4.78, 5) is 14.3. The Morgan fingerprint density at radius 1 is 1.41 bits per heavy atom. The van der Waals surface area contributed by atoms with E-state index in [1.807, 2.05) is 0 Å². The predicted molar refractivity (Wildman–Crippen MR) is 78.6 cm³/mol. The maximum atomic E-state index is 14.0. The Labute approximate surface area is 129 Å². The molecule has 0 fully saturated rings. The number of hydrogen-bond acceptors (Lipinski definition) is 4. The number of ether oxygens (including phenoxy) is 2. The number of fused-ring (bicyclic) bond motifs is 1. The number of nitrogens with zero attached hydrogens (tertiary/aromatic N) is 1. The lowest BCUT2D eigenvalue weighted by Gasteiger charge is -2.29. The van der Waals surface area contributed by atoms with Gasteiger partial charge in [-0.2, -0.15) is 0 Å². The molecule has 0 unspecified atom stereocenters. The molecule has 0 N–H and O–H groups in total. The highest BCUT2D eigenvalue weighted by atomic mass is 32.1. The van der Waals surface area contributed by atoms with Gasteiger partial charge in [-0.15, -0.1) is 11.3 Å². The highest BCUT2D eigenvalue weighted by molar-refractivity contribution is 7.12. The van der Waals surface area contributed by atoms with E-state index in [1.54, 1.807) is 18.6 Å². The van der Waals surface area contributed by atoms with Crippen LogP contribution in [0.25, 0.3) is 0 Å². The third kappa shape index (κ3) is 2.57. The number of anilines is 1. The number of hydrogen-bond donors (Lipinski definition) is 0. The molecular weight excluding hydrogens is 312 g/mol. The molecule has 1 aromatic carbocycles. The lowest BCUT2D eigenvalue weighted by atomic mass is 10.2. The minimum atomic E-state index is -0.682. The van der Waals surface area contributed by atoms with Crippen LogP contribution in [0.15, 0.2) is 23.6 Å². The quantitative estimate of drug-likeness (QED) is 0.870. The Bertz CT molecular complexity index is 717. The lowest BCUT2D eigenvalue weighted by Crippen LogP contribution is -2.38. The number of rotatable bonds is 3. The molecule has 7 heteroatoms. The minimum Gasteiger partial charge on any atom is -0.486 e. The predicted octanol–water partition coefficient (Wildman–Crippen LogP) is 3.21. The van der Waals surface area contributed by atoms with E-state index in [1.165, 1.54) is 16.2 Å². The molecule has 4 nitrogen and oxygen atoms in total. The van der Waals surface area contributed by atoms with Crippen molar-refractivity contribution in [2.45, 2.75) is 6.61 Å². The van der Waals surface area contributed by atoms with Gasteiger partial charge >= 0.3 is 0 Å². The van der Waals surface area contributed by atoms with Gasteiger partial charge in [0, 0.05) is 7.11 Å². The summed E-state index contributed by atoms with van der Waals surface area (Å²) >= 11 is 1.25. The monoisotopic (exact) mass is 325 g/mol. The highest BCUT2D eigenvalue weighted by Gasteiger charge is 2.30. The van der Waals surface area contributed by atoms with E-state index in [0.29, 0.717) is 11.5 Å². The average molecular weight is 325 g/mol. The zero-order valence-electron chi connectivity index (χ0n) is 11.8. The number of halogens is 2. The summed E-state index contributed by atoms with van der Waals surface area (Å²) in [6.45, 7) is 0.686. The summed E-state index contributed by atoms with van der Waals surface area (Å²) in [7, 11) is 1.57. The van der Waals surface area contributed by atoms with Crippen LogP contribution in [0.4, 0.5) is 14.5 Å². The van der Waals surface area contributed by atoms with Crippen molar-refractivity contribution in [2.24, 2.45) is 0 Å². The summed E-state index contributed by atoms with van der Waals surface area (Å²) in [5.74, 6) is -1.95. The molecule has 0 atom stereocenters. The molecule has 1 amide bonds. The average Bonchev–Trinajstić information content (AvgIpc) is 2.99. The van der Waals surface area contributed by atoms with Crippen LogP contribution in [0.1, 0.15) is 15.2 Å². The van der Waals surface area contributed by atoms with Crippen LogP contribution in [0.5, 0.6) is 5.75 Å². The van der Waals surface area contributed by atoms with E-state index in [0.717, 1.165) is 17.7 Å². The van der Waals surface area contributed by atoms with Gasteiger partial charge in [-0.3, -0.25) is 9.69 Å². The largest absolute Gasteiger partial charge is 0.486 e. The van der Waals surface area contributed by atoms with Crippen molar-refractivity contribution < 1.29 is 23.0 Å². The highest BCUT2D eigenvalue weighted by Crippen LogP contribution is 2.37. The topological polar surface area (TPSA) is 38.8 Å². The van der Waals surface area contributed by atoms with Crippen molar-refractivity contribution in [1.29, 1.82) is 0 Å². The van der Waals surface area contributed by atoms with Crippen LogP contribution >= 0.6 is 11.3 Å². The summed E-state index contributed by atoms with van der Waals surface area (Å²) in [6.07, 6.45) is 0. The summed E-state index contributed by atoms with van der Waals surface area (Å²) in [5.41, 5.74) is 0.724. The van der Waals surface area contributed by atoms with Gasteiger partial charge < -0.3 is 9.47 Å². The maximum absolute atomic E-state index is 14.0. The number of amides is 1. The number of thiophene rings is 1. The van der Waals surface area contributed by atoms with Gasteiger partial charge in [-0.05, 0) is 29.1 Å². The SMILES string of the molecule is COCc1csc(C(=O)N2CCOc3c(F)ccc(F)c32)c1. The summed E-state index contributed by atoms with van der Waals surface area (Å²) in [6, 6.07) is 3.68. The van der Waals surface area contributed by atoms with Crippen molar-refractivity contribution in [3.63, 3.8) is 0 Å². The molecular formula is C15H13F2NO3S. The molecule has 0 bridgehead atoms. The molecule has 0 spiro atoms. The number of carbonyl (C=O) groups is 1. The second-order valence-corrected chi connectivity index (χ2v) is 5.68. The van der Waals surface area contributed by atoms with Crippen molar-refractivity contribution in [1.82, 2.24) is 0 Å². The smallest absolute Gasteiger partial charge is 0.268 e. The fourth-order valence-electron chi connectivity index (χ4n) is 2.33. The molecule has 0 saturated carbocycles. The third-order valence-corrected chi connectivity index (χ3v) is 4.25. The van der Waals surface area contributed by atoms with E-state index in [2.05, 4.69) is 0 Å². The maximum Gasteiger partial charge on any atom is 0.268 e. The Hall–Kier alpha value is -1.99. The van der Waals surface area contributed by atoms with Gasteiger partial charge in [0.15, 0.2) is 17.4 Å². The van der Waals surface area contributed by atoms with Crippen LogP contribution in [0.3, 0.4) is 0 Å². The molecule has 1 aliphatic rings. The van der Waals surface area contributed by atoms with Crippen molar-refractivity contribution >= 4 is 22.9 Å². The first-order chi connectivity index (χ1) is 10.6. The third-order valence-electron chi connectivity index (χ3n) is 3.29. The fraction of sp³-hybridized carbons (Fsp3) is 0.267. The first kappa shape index (κ1) is 14.9. The first-order valence-electron chi connectivity index (χ1n) is 6.61. The van der Waals surface area contributed by atoms with Gasteiger partial charge in [-0.25, -0.2) is 8.78 Å². The van der Waals surface area contributed by atoms with Gasteiger partial charge in [0.25, 0.3) is 5.91 Å². The molecule has 3 rings (SSSR count). The Kier molecular flexibility index (Phi) is 4.08. The normalized spacial score (nSPS) is 13.7. The van der Waals surface area contributed by atoms with Crippen LogP contribution in [0.2, 0.25) is 0 Å². The molecule has 22 heavy (non-hydrogen) atoms. The van der Waals surface area contributed by atoms with Crippen molar-refractivity contribution in [3.05, 3.63) is 45.7 Å². The summed E-state index contributed by atoms with van der Waals surface area (Å²) in [5, 5.41) is 1.81. The van der Waals surface area contributed by atoms with E-state index in [-0.39, 0.29) is 30.5 Å². The van der Waals surface area contributed by atoms with Crippen LogP contribution in [-0.2, 0) is 11.3 Å². The second-order valence-electron chi connectivity index (χ2n) is 4.76. The van der Waals surface area contributed by atoms with Crippen LogP contribution in [-0.4, -0.2) is 26.2 Å². The number of carbonyl (C=O) groups excluding carboxylic acids is 1. The number of benzene rings is 1. The molecule has 0 radical (unpaired) electrons. The fourth-order valence-corrected chi connectivity index (χ4v) is 3.17. The van der Waals surface area contributed by atoms with Gasteiger partial charge in [0.1, 0.15) is 12.3 Å². The number of methoxy groups -OCH3 is 1. The van der Waals surface area contributed by atoms with E-state index in [4.69, 9.17) is 9.47 Å². The van der Waals surface area contributed by atoms with E-state index >= 15 is 0 Å². The molecule has 2 heterocycles.